The predicted octanol–water partition coefficient (Wildman–Crippen LogP) is 2.93. The lowest BCUT2D eigenvalue weighted by atomic mass is 9.96. The Labute approximate surface area is 105 Å². The Kier molecular flexibility index (Phi) is 2.46. The van der Waals surface area contributed by atoms with Crippen LogP contribution in [-0.2, 0) is 0 Å². The summed E-state index contributed by atoms with van der Waals surface area (Å²) in [7, 11) is 0. The smallest absolute Gasteiger partial charge is 0.0686 e. The fourth-order valence-electron chi connectivity index (χ4n) is 2.24. The van der Waals surface area contributed by atoms with E-state index in [2.05, 4.69) is 17.0 Å². The van der Waals surface area contributed by atoms with Gasteiger partial charge in [0.15, 0.2) is 0 Å². The van der Waals surface area contributed by atoms with E-state index in [0.717, 1.165) is 27.8 Å². The summed E-state index contributed by atoms with van der Waals surface area (Å²) >= 11 is 0. The standard InChI is InChI=1S/C15H12N2O/c1-10-12-4-2-3-5-13(12)15(17-18)8-11-6-7-16-9-14(10)11/h2-9,17-18H,1H2. The van der Waals surface area contributed by atoms with Crippen LogP contribution in [0.5, 0.6) is 0 Å². The van der Waals surface area contributed by atoms with Crippen molar-refractivity contribution in [3.05, 3.63) is 71.6 Å². The fourth-order valence-corrected chi connectivity index (χ4v) is 2.24. The first kappa shape index (κ1) is 10.7. The zero-order valence-corrected chi connectivity index (χ0v) is 9.72. The molecule has 1 aliphatic rings. The maximum absolute atomic E-state index is 9.31. The van der Waals surface area contributed by atoms with Crippen molar-refractivity contribution < 1.29 is 5.21 Å². The first-order valence-corrected chi connectivity index (χ1v) is 5.66. The number of aromatic nitrogens is 1. The van der Waals surface area contributed by atoms with Gasteiger partial charge in [-0.15, -0.1) is 0 Å². The molecule has 0 unspecified atom stereocenters. The number of nitrogens with one attached hydrogen (secondary N) is 1. The van der Waals surface area contributed by atoms with Gasteiger partial charge in [-0.2, -0.15) is 0 Å². The third kappa shape index (κ3) is 1.53. The summed E-state index contributed by atoms with van der Waals surface area (Å²) in [6.45, 7) is 4.14. The largest absolute Gasteiger partial charge is 0.291 e. The molecule has 1 aromatic heterocycles. The molecule has 0 aliphatic heterocycles. The van der Waals surface area contributed by atoms with Gasteiger partial charge in [-0.3, -0.25) is 15.7 Å². The van der Waals surface area contributed by atoms with Crippen LogP contribution in [0.4, 0.5) is 0 Å². The van der Waals surface area contributed by atoms with Crippen LogP contribution in [0, 0.1) is 0 Å². The van der Waals surface area contributed by atoms with E-state index in [0.29, 0.717) is 5.70 Å². The zero-order valence-electron chi connectivity index (χ0n) is 9.72. The number of hydrogen-bond acceptors (Lipinski definition) is 3. The van der Waals surface area contributed by atoms with Gasteiger partial charge in [0, 0.05) is 23.5 Å². The summed E-state index contributed by atoms with van der Waals surface area (Å²) in [5, 5.41) is 9.31. The molecule has 3 heteroatoms. The van der Waals surface area contributed by atoms with Crippen molar-refractivity contribution in [1.29, 1.82) is 0 Å². The van der Waals surface area contributed by atoms with E-state index >= 15 is 0 Å². The minimum Gasteiger partial charge on any atom is -0.291 e. The molecule has 3 rings (SSSR count). The lowest BCUT2D eigenvalue weighted by Gasteiger charge is -2.10. The Balaban J connectivity index is 2.34. The summed E-state index contributed by atoms with van der Waals surface area (Å²) in [5.41, 5.74) is 7.74. The van der Waals surface area contributed by atoms with Gasteiger partial charge in [0.2, 0.25) is 0 Å². The van der Waals surface area contributed by atoms with Crippen molar-refractivity contribution in [1.82, 2.24) is 10.5 Å². The number of rotatable bonds is 1. The highest BCUT2D eigenvalue weighted by Gasteiger charge is 2.17. The Bertz CT molecular complexity index is 659. The van der Waals surface area contributed by atoms with Crippen molar-refractivity contribution in [2.75, 3.05) is 0 Å². The van der Waals surface area contributed by atoms with E-state index in [1.54, 1.807) is 12.4 Å². The van der Waals surface area contributed by atoms with Crippen molar-refractivity contribution >= 4 is 17.3 Å². The predicted molar refractivity (Wildman–Crippen MR) is 71.6 cm³/mol. The quantitative estimate of drug-likeness (QED) is 0.748. The highest BCUT2D eigenvalue weighted by molar-refractivity contribution is 5.96. The number of benzene rings is 1. The highest BCUT2D eigenvalue weighted by atomic mass is 16.5. The summed E-state index contributed by atoms with van der Waals surface area (Å²) in [5.74, 6) is 0. The van der Waals surface area contributed by atoms with Crippen LogP contribution in [0.2, 0.25) is 0 Å². The average Bonchev–Trinajstić information content (AvgIpc) is 2.55. The van der Waals surface area contributed by atoms with Crippen LogP contribution in [0.25, 0.3) is 17.3 Å². The van der Waals surface area contributed by atoms with Gasteiger partial charge in [-0.25, -0.2) is 0 Å². The topological polar surface area (TPSA) is 45.2 Å². The second-order valence-corrected chi connectivity index (χ2v) is 4.16. The van der Waals surface area contributed by atoms with E-state index in [4.69, 9.17) is 0 Å². The molecule has 1 aliphatic carbocycles. The van der Waals surface area contributed by atoms with E-state index in [-0.39, 0.29) is 0 Å². The van der Waals surface area contributed by atoms with Crippen molar-refractivity contribution in [3.63, 3.8) is 0 Å². The molecule has 18 heavy (non-hydrogen) atoms. The van der Waals surface area contributed by atoms with Gasteiger partial charge >= 0.3 is 0 Å². The molecule has 88 valence electrons. The molecule has 0 spiro atoms. The van der Waals surface area contributed by atoms with E-state index < -0.39 is 0 Å². The first-order chi connectivity index (χ1) is 8.81. The number of nitrogens with zero attached hydrogens (tertiary/aromatic N) is 1. The third-order valence-electron chi connectivity index (χ3n) is 3.14. The first-order valence-electron chi connectivity index (χ1n) is 5.66. The molecule has 2 aromatic rings. The lowest BCUT2D eigenvalue weighted by molar-refractivity contribution is 0.225. The van der Waals surface area contributed by atoms with Crippen molar-refractivity contribution in [2.24, 2.45) is 0 Å². The number of hydroxylamine groups is 1. The summed E-state index contributed by atoms with van der Waals surface area (Å²) in [4.78, 5) is 4.14. The molecule has 0 atom stereocenters. The van der Waals surface area contributed by atoms with Gasteiger partial charge < -0.3 is 0 Å². The second-order valence-electron chi connectivity index (χ2n) is 4.16. The summed E-state index contributed by atoms with van der Waals surface area (Å²) in [6.07, 6.45) is 5.42. The number of fused-ring (bicyclic) bond motifs is 2. The van der Waals surface area contributed by atoms with Gasteiger partial charge in [-0.05, 0) is 28.8 Å². The molecular formula is C15H12N2O. The molecule has 3 nitrogen and oxygen atoms in total. The molecular weight excluding hydrogens is 224 g/mol. The minimum atomic E-state index is 0.664. The molecule has 0 saturated carbocycles. The Morgan fingerprint density at radius 3 is 2.61 bits per heavy atom. The van der Waals surface area contributed by atoms with Crippen LogP contribution in [0.3, 0.4) is 0 Å². The molecule has 1 heterocycles. The molecule has 0 fully saturated rings. The van der Waals surface area contributed by atoms with Crippen LogP contribution in [-0.4, -0.2) is 10.2 Å². The van der Waals surface area contributed by atoms with Crippen LogP contribution in [0.15, 0.2) is 49.3 Å². The Morgan fingerprint density at radius 2 is 1.83 bits per heavy atom. The minimum absolute atomic E-state index is 0.664. The average molecular weight is 236 g/mol. The van der Waals surface area contributed by atoms with Crippen LogP contribution in [0.1, 0.15) is 22.3 Å². The van der Waals surface area contributed by atoms with Crippen molar-refractivity contribution in [3.8, 4) is 0 Å². The molecule has 1 aromatic carbocycles. The third-order valence-corrected chi connectivity index (χ3v) is 3.14. The molecule has 0 bridgehead atoms. The van der Waals surface area contributed by atoms with Gasteiger partial charge in [0.1, 0.15) is 0 Å². The molecule has 2 N–H and O–H groups in total. The van der Waals surface area contributed by atoms with Crippen LogP contribution >= 0.6 is 0 Å². The van der Waals surface area contributed by atoms with Gasteiger partial charge in [0.25, 0.3) is 0 Å². The SMILES string of the molecule is C=C1c2cnccc2C=C(NO)c2ccccc21. The van der Waals surface area contributed by atoms with E-state index in [1.807, 2.05) is 36.4 Å². The second kappa shape index (κ2) is 4.13. The molecule has 0 amide bonds. The zero-order chi connectivity index (χ0) is 12.5. The maximum Gasteiger partial charge on any atom is 0.0686 e. The summed E-state index contributed by atoms with van der Waals surface area (Å²) < 4.78 is 0. The van der Waals surface area contributed by atoms with E-state index in [9.17, 15) is 5.21 Å². The maximum atomic E-state index is 9.31. The number of hydrogen-bond donors (Lipinski definition) is 2. The molecule has 0 radical (unpaired) electrons. The summed E-state index contributed by atoms with van der Waals surface area (Å²) in [6, 6.07) is 9.75. The Hall–Kier alpha value is -2.39. The fraction of sp³-hybridized carbons (Fsp3) is 0. The molecule has 0 saturated heterocycles. The van der Waals surface area contributed by atoms with Crippen molar-refractivity contribution in [2.45, 2.75) is 0 Å². The lowest BCUT2D eigenvalue weighted by Crippen LogP contribution is -2.06. The Morgan fingerprint density at radius 1 is 1.06 bits per heavy atom. The normalized spacial score (nSPS) is 13.2. The van der Waals surface area contributed by atoms with E-state index in [1.165, 1.54) is 0 Å². The van der Waals surface area contributed by atoms with Gasteiger partial charge in [-0.1, -0.05) is 30.8 Å². The monoisotopic (exact) mass is 236 g/mol. The van der Waals surface area contributed by atoms with Gasteiger partial charge in [0.05, 0.1) is 5.70 Å². The highest BCUT2D eigenvalue weighted by Crippen LogP contribution is 2.34. The number of pyridine rings is 1. The van der Waals surface area contributed by atoms with Crippen LogP contribution < -0.4 is 5.48 Å².